The van der Waals surface area contributed by atoms with Gasteiger partial charge in [-0.2, -0.15) is 0 Å². The van der Waals surface area contributed by atoms with Crippen LogP contribution in [-0.4, -0.2) is 18.1 Å². The summed E-state index contributed by atoms with van der Waals surface area (Å²) in [5, 5.41) is 9.70. The van der Waals surface area contributed by atoms with Gasteiger partial charge in [0, 0.05) is 18.6 Å². The molecule has 0 saturated carbocycles. The zero-order chi connectivity index (χ0) is 14.7. The summed E-state index contributed by atoms with van der Waals surface area (Å²) in [6.07, 6.45) is 0. The van der Waals surface area contributed by atoms with E-state index in [2.05, 4.69) is 0 Å². The molecule has 2 aromatic rings. The summed E-state index contributed by atoms with van der Waals surface area (Å²) in [5.41, 5.74) is 8.38. The molecule has 0 saturated heterocycles. The van der Waals surface area contributed by atoms with E-state index in [-0.39, 0.29) is 5.56 Å². The Labute approximate surface area is 122 Å². The highest BCUT2D eigenvalue weighted by Crippen LogP contribution is 2.25. The number of nitrogens with two attached hydrogens (primary N) is 1. The van der Waals surface area contributed by atoms with Crippen molar-refractivity contribution in [1.29, 1.82) is 0 Å². The third kappa shape index (κ3) is 3.22. The van der Waals surface area contributed by atoms with Crippen molar-refractivity contribution >= 4 is 28.9 Å². The minimum Gasteiger partial charge on any atom is -0.478 e. The third-order valence-electron chi connectivity index (χ3n) is 3.00. The van der Waals surface area contributed by atoms with E-state index in [1.165, 1.54) is 6.07 Å². The van der Waals surface area contributed by atoms with Gasteiger partial charge in [-0.3, -0.25) is 0 Å². The molecule has 0 bridgehead atoms. The molecule has 0 atom stereocenters. The molecule has 0 radical (unpaired) electrons. The molecule has 5 heteroatoms. The lowest BCUT2D eigenvalue weighted by atomic mass is 10.1. The first-order valence-corrected chi connectivity index (χ1v) is 6.43. The minimum atomic E-state index is -0.970. The number of hydrogen-bond donors (Lipinski definition) is 2. The number of hydrogen-bond acceptors (Lipinski definition) is 3. The van der Waals surface area contributed by atoms with Gasteiger partial charge in [-0.15, -0.1) is 0 Å². The number of rotatable bonds is 4. The highest BCUT2D eigenvalue weighted by molar-refractivity contribution is 6.30. The van der Waals surface area contributed by atoms with Crippen LogP contribution in [0.4, 0.5) is 11.4 Å². The van der Waals surface area contributed by atoms with Crippen molar-refractivity contribution in [2.75, 3.05) is 17.7 Å². The van der Waals surface area contributed by atoms with Crippen LogP contribution in [0.2, 0.25) is 5.02 Å². The molecule has 0 spiro atoms. The van der Waals surface area contributed by atoms with Crippen LogP contribution in [0.3, 0.4) is 0 Å². The standard InChI is InChI=1S/C15H15ClN2O2/c1-18(9-10-3-2-4-12(16)7-10)14-8-11(15(19)20)5-6-13(14)17/h2-8H,9,17H2,1H3,(H,19,20). The fourth-order valence-electron chi connectivity index (χ4n) is 2.00. The first kappa shape index (κ1) is 14.2. The number of benzene rings is 2. The SMILES string of the molecule is CN(Cc1cccc(Cl)c1)c1cc(C(=O)O)ccc1N. The topological polar surface area (TPSA) is 66.6 Å². The number of nitrogens with zero attached hydrogens (tertiary/aromatic N) is 1. The molecule has 2 rings (SSSR count). The fourth-order valence-corrected chi connectivity index (χ4v) is 2.21. The highest BCUT2D eigenvalue weighted by Gasteiger charge is 2.10. The molecule has 4 nitrogen and oxygen atoms in total. The summed E-state index contributed by atoms with van der Waals surface area (Å²) in [7, 11) is 1.86. The Balaban J connectivity index is 2.26. The van der Waals surface area contributed by atoms with Crippen molar-refractivity contribution in [2.24, 2.45) is 0 Å². The average molecular weight is 291 g/mol. The summed E-state index contributed by atoms with van der Waals surface area (Å²) < 4.78 is 0. The van der Waals surface area contributed by atoms with Crippen molar-refractivity contribution in [3.8, 4) is 0 Å². The molecule has 0 aliphatic carbocycles. The number of anilines is 2. The van der Waals surface area contributed by atoms with E-state index < -0.39 is 5.97 Å². The lowest BCUT2D eigenvalue weighted by Crippen LogP contribution is -2.18. The van der Waals surface area contributed by atoms with Crippen LogP contribution in [0, 0.1) is 0 Å². The molecular weight excluding hydrogens is 276 g/mol. The summed E-state index contributed by atoms with van der Waals surface area (Å²) in [6.45, 7) is 0.591. The zero-order valence-corrected chi connectivity index (χ0v) is 11.8. The van der Waals surface area contributed by atoms with E-state index >= 15 is 0 Å². The van der Waals surface area contributed by atoms with E-state index in [0.29, 0.717) is 22.9 Å². The molecule has 0 heterocycles. The number of halogens is 1. The van der Waals surface area contributed by atoms with Gasteiger partial charge in [0.05, 0.1) is 16.9 Å². The Bertz CT molecular complexity index is 644. The third-order valence-corrected chi connectivity index (χ3v) is 3.23. The van der Waals surface area contributed by atoms with Gasteiger partial charge in [-0.05, 0) is 35.9 Å². The Kier molecular flexibility index (Phi) is 4.15. The second-order valence-electron chi connectivity index (χ2n) is 4.56. The van der Waals surface area contributed by atoms with Gasteiger partial charge in [0.15, 0.2) is 0 Å². The molecular formula is C15H15ClN2O2. The van der Waals surface area contributed by atoms with Gasteiger partial charge in [0.1, 0.15) is 0 Å². The van der Waals surface area contributed by atoms with Crippen LogP contribution in [0.1, 0.15) is 15.9 Å². The minimum absolute atomic E-state index is 0.215. The predicted molar refractivity (Wildman–Crippen MR) is 81.4 cm³/mol. The maximum Gasteiger partial charge on any atom is 0.335 e. The Hall–Kier alpha value is -2.20. The molecule has 104 valence electrons. The van der Waals surface area contributed by atoms with Crippen molar-refractivity contribution in [3.05, 3.63) is 58.6 Å². The van der Waals surface area contributed by atoms with E-state index in [1.54, 1.807) is 12.1 Å². The second-order valence-corrected chi connectivity index (χ2v) is 5.00. The largest absolute Gasteiger partial charge is 0.478 e. The van der Waals surface area contributed by atoms with Crippen LogP contribution in [0.25, 0.3) is 0 Å². The summed E-state index contributed by atoms with van der Waals surface area (Å²) in [5.74, 6) is -0.970. The molecule has 20 heavy (non-hydrogen) atoms. The summed E-state index contributed by atoms with van der Waals surface area (Å²) in [4.78, 5) is 12.9. The fraction of sp³-hybridized carbons (Fsp3) is 0.133. The number of aromatic carboxylic acids is 1. The van der Waals surface area contributed by atoms with E-state index in [1.807, 2.05) is 36.2 Å². The van der Waals surface area contributed by atoms with E-state index in [4.69, 9.17) is 22.4 Å². The quantitative estimate of drug-likeness (QED) is 0.848. The summed E-state index contributed by atoms with van der Waals surface area (Å²) >= 11 is 5.95. The first-order chi connectivity index (χ1) is 9.47. The normalized spacial score (nSPS) is 10.3. The van der Waals surface area contributed by atoms with E-state index in [0.717, 1.165) is 5.56 Å². The van der Waals surface area contributed by atoms with Crippen molar-refractivity contribution < 1.29 is 9.90 Å². The van der Waals surface area contributed by atoms with Crippen LogP contribution in [0.5, 0.6) is 0 Å². The molecule has 0 amide bonds. The van der Waals surface area contributed by atoms with Gasteiger partial charge >= 0.3 is 5.97 Å². The molecule has 0 unspecified atom stereocenters. The summed E-state index contributed by atoms with van der Waals surface area (Å²) in [6, 6.07) is 12.2. The molecule has 0 aromatic heterocycles. The molecule has 3 N–H and O–H groups in total. The second kappa shape index (κ2) is 5.84. The maximum absolute atomic E-state index is 11.0. The van der Waals surface area contributed by atoms with Crippen LogP contribution < -0.4 is 10.6 Å². The monoisotopic (exact) mass is 290 g/mol. The molecule has 0 fully saturated rings. The lowest BCUT2D eigenvalue weighted by Gasteiger charge is -2.21. The van der Waals surface area contributed by atoms with E-state index in [9.17, 15) is 4.79 Å². The Morgan fingerprint density at radius 3 is 2.70 bits per heavy atom. The van der Waals surface area contributed by atoms with Crippen LogP contribution >= 0.6 is 11.6 Å². The van der Waals surface area contributed by atoms with Crippen molar-refractivity contribution in [3.63, 3.8) is 0 Å². The molecule has 0 aliphatic rings. The highest BCUT2D eigenvalue weighted by atomic mass is 35.5. The zero-order valence-electron chi connectivity index (χ0n) is 11.0. The first-order valence-electron chi connectivity index (χ1n) is 6.06. The van der Waals surface area contributed by atoms with Gasteiger partial charge < -0.3 is 15.7 Å². The number of carboxylic acids is 1. The van der Waals surface area contributed by atoms with Gasteiger partial charge in [-0.25, -0.2) is 4.79 Å². The number of carboxylic acid groups (broad SMARTS) is 1. The van der Waals surface area contributed by atoms with Gasteiger partial charge in [0.2, 0.25) is 0 Å². The average Bonchev–Trinajstić information content (AvgIpc) is 2.38. The van der Waals surface area contributed by atoms with Crippen LogP contribution in [-0.2, 0) is 6.54 Å². The Morgan fingerprint density at radius 1 is 1.30 bits per heavy atom. The Morgan fingerprint density at radius 2 is 2.05 bits per heavy atom. The van der Waals surface area contributed by atoms with Crippen LogP contribution in [0.15, 0.2) is 42.5 Å². The van der Waals surface area contributed by atoms with Gasteiger partial charge in [-0.1, -0.05) is 23.7 Å². The number of nitrogen functional groups attached to an aromatic ring is 1. The predicted octanol–water partition coefficient (Wildman–Crippen LogP) is 3.26. The lowest BCUT2D eigenvalue weighted by molar-refractivity contribution is 0.0697. The smallest absolute Gasteiger partial charge is 0.335 e. The molecule has 2 aromatic carbocycles. The number of carbonyl (C=O) groups is 1. The van der Waals surface area contributed by atoms with Crippen molar-refractivity contribution in [1.82, 2.24) is 0 Å². The maximum atomic E-state index is 11.0. The van der Waals surface area contributed by atoms with Crippen molar-refractivity contribution in [2.45, 2.75) is 6.54 Å². The van der Waals surface area contributed by atoms with Gasteiger partial charge in [0.25, 0.3) is 0 Å². The molecule has 0 aliphatic heterocycles.